The number of ether oxygens (including phenoxy) is 1. The van der Waals surface area contributed by atoms with Gasteiger partial charge in [-0.3, -0.25) is 14.5 Å². The first-order valence-electron chi connectivity index (χ1n) is 10.0. The summed E-state index contributed by atoms with van der Waals surface area (Å²) < 4.78 is 5.19. The minimum Gasteiger partial charge on any atom is -0.497 e. The summed E-state index contributed by atoms with van der Waals surface area (Å²) in [6.07, 6.45) is 0.801. The van der Waals surface area contributed by atoms with Crippen LogP contribution in [0.25, 0.3) is 0 Å². The average Bonchev–Trinajstić information content (AvgIpc) is 2.99. The number of aryl methyl sites for hydroxylation is 1. The summed E-state index contributed by atoms with van der Waals surface area (Å²) in [4.78, 5) is 41.5. The standard InChI is InChI=1S/C23H25N3O4/c1-16-6-8-17(9-7-16)15-26-21(28)23(24-22(26)29)10-12-25(13-11-23)20(27)18-4-3-5-19(14-18)30-2/h3-9,14H,10-13,15H2,1-2H3,(H,24,29). The molecule has 7 heteroatoms. The second kappa shape index (κ2) is 7.82. The molecule has 156 valence electrons. The third-order valence-corrected chi connectivity index (χ3v) is 5.93. The minimum absolute atomic E-state index is 0.1000. The van der Waals surface area contributed by atoms with Crippen molar-refractivity contribution in [3.8, 4) is 5.75 Å². The molecule has 2 aromatic rings. The zero-order valence-electron chi connectivity index (χ0n) is 17.2. The molecule has 7 nitrogen and oxygen atoms in total. The number of urea groups is 1. The molecule has 0 aromatic heterocycles. The summed E-state index contributed by atoms with van der Waals surface area (Å²) in [7, 11) is 1.56. The van der Waals surface area contributed by atoms with Crippen molar-refractivity contribution in [3.05, 3.63) is 65.2 Å². The summed E-state index contributed by atoms with van der Waals surface area (Å²) in [5.74, 6) is 0.317. The number of benzene rings is 2. The smallest absolute Gasteiger partial charge is 0.325 e. The van der Waals surface area contributed by atoms with Crippen molar-refractivity contribution in [2.24, 2.45) is 0 Å². The third-order valence-electron chi connectivity index (χ3n) is 5.93. The fourth-order valence-corrected chi connectivity index (χ4v) is 4.06. The maximum atomic E-state index is 13.1. The van der Waals surface area contributed by atoms with Gasteiger partial charge in [0.05, 0.1) is 13.7 Å². The number of carbonyl (C=O) groups excluding carboxylic acids is 3. The Balaban J connectivity index is 1.43. The first-order valence-corrected chi connectivity index (χ1v) is 10.0. The molecule has 0 bridgehead atoms. The lowest BCUT2D eigenvalue weighted by Crippen LogP contribution is -2.55. The zero-order chi connectivity index (χ0) is 21.3. The van der Waals surface area contributed by atoms with Crippen LogP contribution < -0.4 is 10.1 Å². The highest BCUT2D eigenvalue weighted by molar-refractivity contribution is 6.07. The first kappa shape index (κ1) is 19.9. The topological polar surface area (TPSA) is 79.0 Å². The van der Waals surface area contributed by atoms with Crippen LogP contribution in [0.2, 0.25) is 0 Å². The zero-order valence-corrected chi connectivity index (χ0v) is 17.2. The van der Waals surface area contributed by atoms with Crippen LogP contribution in [0.4, 0.5) is 4.79 Å². The molecule has 30 heavy (non-hydrogen) atoms. The average molecular weight is 407 g/mol. The Morgan fingerprint density at radius 1 is 1.10 bits per heavy atom. The van der Waals surface area contributed by atoms with E-state index < -0.39 is 5.54 Å². The normalized spacial score (nSPS) is 17.9. The highest BCUT2D eigenvalue weighted by Gasteiger charge is 2.52. The van der Waals surface area contributed by atoms with Gasteiger partial charge < -0.3 is 15.0 Å². The Morgan fingerprint density at radius 3 is 2.47 bits per heavy atom. The molecule has 4 amide bonds. The number of nitrogens with one attached hydrogen (secondary N) is 1. The maximum absolute atomic E-state index is 13.1. The highest BCUT2D eigenvalue weighted by Crippen LogP contribution is 2.31. The van der Waals surface area contributed by atoms with Crippen LogP contribution in [-0.2, 0) is 11.3 Å². The number of rotatable bonds is 4. The Labute approximate surface area is 175 Å². The number of carbonyl (C=O) groups is 3. The number of methoxy groups -OCH3 is 1. The molecule has 0 atom stereocenters. The Kier molecular flexibility index (Phi) is 5.20. The van der Waals surface area contributed by atoms with Crippen LogP contribution in [0.15, 0.2) is 48.5 Å². The molecule has 1 spiro atoms. The molecular weight excluding hydrogens is 382 g/mol. The molecule has 2 heterocycles. The fourth-order valence-electron chi connectivity index (χ4n) is 4.06. The van der Waals surface area contributed by atoms with E-state index in [2.05, 4.69) is 5.32 Å². The molecule has 0 unspecified atom stereocenters. The lowest BCUT2D eigenvalue weighted by molar-refractivity contribution is -0.133. The van der Waals surface area contributed by atoms with Crippen LogP contribution in [0, 0.1) is 6.92 Å². The van der Waals surface area contributed by atoms with Gasteiger partial charge in [-0.1, -0.05) is 35.9 Å². The largest absolute Gasteiger partial charge is 0.497 e. The van der Waals surface area contributed by atoms with E-state index >= 15 is 0 Å². The van der Waals surface area contributed by atoms with Crippen LogP contribution >= 0.6 is 0 Å². The second-order valence-corrected chi connectivity index (χ2v) is 7.91. The number of amides is 4. The molecular formula is C23H25N3O4. The Morgan fingerprint density at radius 2 is 1.80 bits per heavy atom. The van der Waals surface area contributed by atoms with Gasteiger partial charge in [0.15, 0.2) is 0 Å². The number of hydrogen-bond donors (Lipinski definition) is 1. The van der Waals surface area contributed by atoms with Gasteiger partial charge >= 0.3 is 6.03 Å². The SMILES string of the molecule is COc1cccc(C(=O)N2CCC3(CC2)NC(=O)N(Cc2ccc(C)cc2)C3=O)c1. The van der Waals surface area contributed by atoms with Crippen molar-refractivity contribution in [1.82, 2.24) is 15.1 Å². The third kappa shape index (κ3) is 3.63. The fraction of sp³-hybridized carbons (Fsp3) is 0.348. The van der Waals surface area contributed by atoms with Gasteiger partial charge in [0.1, 0.15) is 11.3 Å². The Bertz CT molecular complexity index is 978. The highest BCUT2D eigenvalue weighted by atomic mass is 16.5. The molecule has 2 fully saturated rings. The molecule has 2 aromatic carbocycles. The van der Waals surface area contributed by atoms with E-state index in [1.807, 2.05) is 31.2 Å². The van der Waals surface area contributed by atoms with Gasteiger partial charge in [-0.05, 0) is 43.5 Å². The Hall–Kier alpha value is -3.35. The lowest BCUT2D eigenvalue weighted by Gasteiger charge is -2.37. The van der Waals surface area contributed by atoms with E-state index in [4.69, 9.17) is 4.74 Å². The molecule has 2 aliphatic heterocycles. The number of hydrogen-bond acceptors (Lipinski definition) is 4. The van der Waals surface area contributed by atoms with E-state index in [9.17, 15) is 14.4 Å². The first-order chi connectivity index (χ1) is 14.4. The molecule has 0 radical (unpaired) electrons. The van der Waals surface area contributed by atoms with E-state index in [-0.39, 0.29) is 24.4 Å². The van der Waals surface area contributed by atoms with Gasteiger partial charge in [-0.25, -0.2) is 4.79 Å². The van der Waals surface area contributed by atoms with Crippen molar-refractivity contribution >= 4 is 17.8 Å². The second-order valence-electron chi connectivity index (χ2n) is 7.91. The van der Waals surface area contributed by atoms with Gasteiger partial charge in [0.25, 0.3) is 11.8 Å². The van der Waals surface area contributed by atoms with E-state index in [0.29, 0.717) is 37.2 Å². The van der Waals surface area contributed by atoms with Crippen LogP contribution in [-0.4, -0.2) is 53.4 Å². The molecule has 0 aliphatic carbocycles. The monoisotopic (exact) mass is 407 g/mol. The summed E-state index contributed by atoms with van der Waals surface area (Å²) in [6.45, 7) is 3.05. The van der Waals surface area contributed by atoms with Crippen LogP contribution in [0.3, 0.4) is 0 Å². The number of nitrogens with zero attached hydrogens (tertiary/aromatic N) is 2. The molecule has 0 saturated carbocycles. The summed E-state index contributed by atoms with van der Waals surface area (Å²) >= 11 is 0. The van der Waals surface area contributed by atoms with Crippen molar-refractivity contribution in [1.29, 1.82) is 0 Å². The number of imide groups is 1. The van der Waals surface area contributed by atoms with E-state index in [1.165, 1.54) is 4.90 Å². The van der Waals surface area contributed by atoms with Gasteiger partial charge in [-0.2, -0.15) is 0 Å². The summed E-state index contributed by atoms with van der Waals surface area (Å²) in [6, 6.07) is 14.4. The number of piperidine rings is 1. The molecule has 4 rings (SSSR count). The van der Waals surface area contributed by atoms with Crippen molar-refractivity contribution in [2.45, 2.75) is 31.8 Å². The lowest BCUT2D eigenvalue weighted by atomic mass is 9.87. The van der Waals surface area contributed by atoms with Crippen molar-refractivity contribution in [3.63, 3.8) is 0 Å². The van der Waals surface area contributed by atoms with Gasteiger partial charge in [0, 0.05) is 18.7 Å². The van der Waals surface area contributed by atoms with Crippen LogP contribution in [0.1, 0.15) is 34.3 Å². The van der Waals surface area contributed by atoms with Gasteiger partial charge in [-0.15, -0.1) is 0 Å². The molecule has 2 aliphatic rings. The predicted molar refractivity (Wildman–Crippen MR) is 111 cm³/mol. The van der Waals surface area contributed by atoms with Crippen LogP contribution in [0.5, 0.6) is 5.75 Å². The summed E-state index contributed by atoms with van der Waals surface area (Å²) in [5, 5.41) is 2.90. The minimum atomic E-state index is -0.924. The van der Waals surface area contributed by atoms with Crippen molar-refractivity contribution < 1.29 is 19.1 Å². The predicted octanol–water partition coefficient (Wildman–Crippen LogP) is 2.73. The maximum Gasteiger partial charge on any atom is 0.325 e. The van der Waals surface area contributed by atoms with Gasteiger partial charge in [0.2, 0.25) is 0 Å². The molecule has 1 N–H and O–H groups in total. The van der Waals surface area contributed by atoms with Crippen molar-refractivity contribution in [2.75, 3.05) is 20.2 Å². The molecule has 2 saturated heterocycles. The quantitative estimate of drug-likeness (QED) is 0.791. The summed E-state index contributed by atoms with van der Waals surface area (Å²) in [5.41, 5.74) is 1.66. The van der Waals surface area contributed by atoms with E-state index in [0.717, 1.165) is 11.1 Å². The number of likely N-dealkylation sites (tertiary alicyclic amines) is 1. The van der Waals surface area contributed by atoms with E-state index in [1.54, 1.807) is 36.3 Å².